The number of rotatable bonds is 7. The van der Waals surface area contributed by atoms with Crippen LogP contribution in [0.2, 0.25) is 0 Å². The summed E-state index contributed by atoms with van der Waals surface area (Å²) in [6.45, 7) is 5.18. The summed E-state index contributed by atoms with van der Waals surface area (Å²) in [6.07, 6.45) is 3.75. The Balaban J connectivity index is 1.87. The Labute approximate surface area is 125 Å². The van der Waals surface area contributed by atoms with Crippen molar-refractivity contribution in [3.8, 4) is 11.8 Å². The molecule has 0 aliphatic rings. The van der Waals surface area contributed by atoms with E-state index < -0.39 is 0 Å². The fourth-order valence-corrected chi connectivity index (χ4v) is 2.23. The van der Waals surface area contributed by atoms with Crippen molar-refractivity contribution in [1.82, 2.24) is 15.1 Å². The van der Waals surface area contributed by atoms with E-state index >= 15 is 0 Å². The van der Waals surface area contributed by atoms with Crippen LogP contribution in [0.15, 0.2) is 42.7 Å². The maximum atomic E-state index is 8.48. The molecule has 1 aromatic carbocycles. The minimum absolute atomic E-state index is 0.0774. The first-order valence-corrected chi connectivity index (χ1v) is 7.02. The molecule has 1 heterocycles. The van der Waals surface area contributed by atoms with Gasteiger partial charge >= 0.3 is 0 Å². The first-order valence-electron chi connectivity index (χ1n) is 7.02. The van der Waals surface area contributed by atoms with Gasteiger partial charge in [-0.25, -0.2) is 0 Å². The van der Waals surface area contributed by atoms with Crippen LogP contribution in [0.5, 0.6) is 5.75 Å². The standard InChI is InChI=1S/C16H20N4O/c1-13(12-20-10-3-9-18-20)19-14(2)15-4-6-16(7-5-15)21-11-8-17/h3-7,9-10,13-14,19H,11-12H2,1-2H3. The molecule has 0 aliphatic heterocycles. The van der Waals surface area contributed by atoms with Crippen molar-refractivity contribution in [2.45, 2.75) is 32.5 Å². The molecule has 0 bridgehead atoms. The molecule has 0 fully saturated rings. The molecule has 110 valence electrons. The van der Waals surface area contributed by atoms with Crippen LogP contribution in [-0.2, 0) is 6.54 Å². The SMILES string of the molecule is CC(Cn1cccn1)NC(C)c1ccc(OCC#N)cc1. The van der Waals surface area contributed by atoms with E-state index in [-0.39, 0.29) is 12.6 Å². The lowest BCUT2D eigenvalue weighted by Crippen LogP contribution is -2.32. The van der Waals surface area contributed by atoms with Gasteiger partial charge in [0.25, 0.3) is 0 Å². The maximum absolute atomic E-state index is 8.48. The molecular formula is C16H20N4O. The maximum Gasteiger partial charge on any atom is 0.174 e. The normalized spacial score (nSPS) is 13.4. The molecule has 0 saturated carbocycles. The van der Waals surface area contributed by atoms with Crippen LogP contribution in [0.3, 0.4) is 0 Å². The second kappa shape index (κ2) is 7.46. The summed E-state index contributed by atoms with van der Waals surface area (Å²) >= 11 is 0. The predicted molar refractivity (Wildman–Crippen MR) is 80.8 cm³/mol. The van der Waals surface area contributed by atoms with Crippen molar-refractivity contribution in [2.24, 2.45) is 0 Å². The van der Waals surface area contributed by atoms with Crippen LogP contribution in [-0.4, -0.2) is 22.4 Å². The van der Waals surface area contributed by atoms with E-state index in [0.717, 1.165) is 12.3 Å². The number of benzene rings is 1. The molecule has 0 amide bonds. The Morgan fingerprint density at radius 2 is 2.10 bits per heavy atom. The third kappa shape index (κ3) is 4.62. The van der Waals surface area contributed by atoms with Crippen molar-refractivity contribution >= 4 is 0 Å². The zero-order valence-corrected chi connectivity index (χ0v) is 12.4. The van der Waals surface area contributed by atoms with Gasteiger partial charge in [-0.3, -0.25) is 4.68 Å². The van der Waals surface area contributed by atoms with Gasteiger partial charge in [0.05, 0.1) is 6.54 Å². The summed E-state index contributed by atoms with van der Waals surface area (Å²) in [7, 11) is 0. The predicted octanol–water partition coefficient (Wildman–Crippen LogP) is 2.52. The highest BCUT2D eigenvalue weighted by Crippen LogP contribution is 2.18. The number of hydrogen-bond acceptors (Lipinski definition) is 4. The van der Waals surface area contributed by atoms with Gasteiger partial charge in [0, 0.05) is 24.5 Å². The summed E-state index contributed by atoms with van der Waals surface area (Å²) in [6, 6.07) is 12.3. The molecule has 2 unspecified atom stereocenters. The first kappa shape index (κ1) is 15.1. The summed E-state index contributed by atoms with van der Waals surface area (Å²) in [5.41, 5.74) is 1.19. The number of nitrogens with one attached hydrogen (secondary N) is 1. The Bertz CT molecular complexity index is 571. The molecule has 2 rings (SSSR count). The van der Waals surface area contributed by atoms with E-state index in [4.69, 9.17) is 10.00 Å². The van der Waals surface area contributed by atoms with E-state index in [0.29, 0.717) is 6.04 Å². The third-order valence-corrected chi connectivity index (χ3v) is 3.24. The summed E-state index contributed by atoms with van der Waals surface area (Å²) < 4.78 is 7.17. The molecule has 0 aliphatic carbocycles. The minimum atomic E-state index is 0.0774. The number of ether oxygens (including phenoxy) is 1. The molecule has 0 radical (unpaired) electrons. The third-order valence-electron chi connectivity index (χ3n) is 3.24. The Kier molecular flexibility index (Phi) is 5.35. The lowest BCUT2D eigenvalue weighted by molar-refractivity contribution is 0.367. The van der Waals surface area contributed by atoms with Gasteiger partial charge in [0.15, 0.2) is 6.61 Å². The van der Waals surface area contributed by atoms with Crippen molar-refractivity contribution < 1.29 is 4.74 Å². The molecule has 2 atom stereocenters. The van der Waals surface area contributed by atoms with E-state index in [1.807, 2.05) is 47.3 Å². The van der Waals surface area contributed by atoms with Crippen LogP contribution >= 0.6 is 0 Å². The quantitative estimate of drug-likeness (QED) is 0.848. The Morgan fingerprint density at radius 1 is 1.33 bits per heavy atom. The van der Waals surface area contributed by atoms with Gasteiger partial charge in [-0.2, -0.15) is 10.4 Å². The second-order valence-electron chi connectivity index (χ2n) is 5.03. The van der Waals surface area contributed by atoms with Crippen LogP contribution < -0.4 is 10.1 Å². The van der Waals surface area contributed by atoms with Crippen LogP contribution in [0.1, 0.15) is 25.5 Å². The Hall–Kier alpha value is -2.32. The van der Waals surface area contributed by atoms with Crippen LogP contribution in [0.25, 0.3) is 0 Å². The molecule has 21 heavy (non-hydrogen) atoms. The van der Waals surface area contributed by atoms with E-state index in [9.17, 15) is 0 Å². The highest BCUT2D eigenvalue weighted by molar-refractivity contribution is 5.29. The number of nitriles is 1. The highest BCUT2D eigenvalue weighted by atomic mass is 16.5. The monoisotopic (exact) mass is 284 g/mol. The molecule has 1 aromatic heterocycles. The van der Waals surface area contributed by atoms with Gasteiger partial charge in [0.2, 0.25) is 0 Å². The summed E-state index contributed by atoms with van der Waals surface area (Å²) in [5, 5.41) is 16.2. The molecule has 5 nitrogen and oxygen atoms in total. The summed E-state index contributed by atoms with van der Waals surface area (Å²) in [4.78, 5) is 0. The van der Waals surface area contributed by atoms with Crippen molar-refractivity contribution in [3.05, 3.63) is 48.3 Å². The van der Waals surface area contributed by atoms with Crippen LogP contribution in [0.4, 0.5) is 0 Å². The van der Waals surface area contributed by atoms with Gasteiger partial charge in [-0.05, 0) is 37.6 Å². The van der Waals surface area contributed by atoms with E-state index in [2.05, 4.69) is 24.3 Å². The van der Waals surface area contributed by atoms with Gasteiger partial charge in [-0.1, -0.05) is 12.1 Å². The van der Waals surface area contributed by atoms with Crippen molar-refractivity contribution in [2.75, 3.05) is 6.61 Å². The zero-order chi connectivity index (χ0) is 15.1. The van der Waals surface area contributed by atoms with Gasteiger partial charge < -0.3 is 10.1 Å². The number of aromatic nitrogens is 2. The molecule has 2 aromatic rings. The average molecular weight is 284 g/mol. The molecule has 1 N–H and O–H groups in total. The topological polar surface area (TPSA) is 62.9 Å². The smallest absolute Gasteiger partial charge is 0.174 e. The Morgan fingerprint density at radius 3 is 2.71 bits per heavy atom. The molecular weight excluding hydrogens is 264 g/mol. The lowest BCUT2D eigenvalue weighted by atomic mass is 10.1. The van der Waals surface area contributed by atoms with Crippen molar-refractivity contribution in [3.63, 3.8) is 0 Å². The van der Waals surface area contributed by atoms with Gasteiger partial charge in [0.1, 0.15) is 11.8 Å². The molecule has 0 spiro atoms. The van der Waals surface area contributed by atoms with E-state index in [1.165, 1.54) is 5.56 Å². The second-order valence-corrected chi connectivity index (χ2v) is 5.03. The summed E-state index contributed by atoms with van der Waals surface area (Å²) in [5.74, 6) is 0.720. The first-order chi connectivity index (χ1) is 10.2. The lowest BCUT2D eigenvalue weighted by Gasteiger charge is -2.20. The zero-order valence-electron chi connectivity index (χ0n) is 12.4. The molecule has 5 heteroatoms. The number of nitrogens with zero attached hydrogens (tertiary/aromatic N) is 3. The van der Waals surface area contributed by atoms with E-state index in [1.54, 1.807) is 6.20 Å². The van der Waals surface area contributed by atoms with Gasteiger partial charge in [-0.15, -0.1) is 0 Å². The fourth-order valence-electron chi connectivity index (χ4n) is 2.23. The molecule has 0 saturated heterocycles. The largest absolute Gasteiger partial charge is 0.479 e. The minimum Gasteiger partial charge on any atom is -0.479 e. The fraction of sp³-hybridized carbons (Fsp3) is 0.375. The van der Waals surface area contributed by atoms with Crippen molar-refractivity contribution in [1.29, 1.82) is 5.26 Å². The average Bonchev–Trinajstić information content (AvgIpc) is 2.98. The van der Waals surface area contributed by atoms with Crippen LogP contribution in [0, 0.1) is 11.3 Å². The highest BCUT2D eigenvalue weighted by Gasteiger charge is 2.10. The number of hydrogen-bond donors (Lipinski definition) is 1.